The van der Waals surface area contributed by atoms with E-state index < -0.39 is 6.10 Å². The lowest BCUT2D eigenvalue weighted by molar-refractivity contribution is -0.155. The highest BCUT2D eigenvalue weighted by Crippen LogP contribution is 2.31. The molecule has 2 atom stereocenters. The number of rotatable bonds is 4. The first-order valence-electron chi connectivity index (χ1n) is 6.81. The SMILES string of the molecule is O=C1C(C(O)c2ccccc2)CN1Cc1ccccc1. The van der Waals surface area contributed by atoms with Gasteiger partial charge < -0.3 is 10.0 Å². The van der Waals surface area contributed by atoms with Gasteiger partial charge in [0.2, 0.25) is 5.91 Å². The number of carbonyl (C=O) groups excluding carboxylic acids is 1. The van der Waals surface area contributed by atoms with Gasteiger partial charge in [0.25, 0.3) is 0 Å². The minimum Gasteiger partial charge on any atom is -0.388 e. The molecule has 1 heterocycles. The lowest BCUT2D eigenvalue weighted by Gasteiger charge is -2.41. The highest BCUT2D eigenvalue weighted by atomic mass is 16.3. The molecule has 0 bridgehead atoms. The van der Waals surface area contributed by atoms with E-state index in [1.54, 1.807) is 4.90 Å². The zero-order valence-electron chi connectivity index (χ0n) is 11.1. The van der Waals surface area contributed by atoms with Crippen LogP contribution in [0, 0.1) is 5.92 Å². The van der Waals surface area contributed by atoms with Crippen molar-refractivity contribution in [1.29, 1.82) is 0 Å². The molecule has 1 fully saturated rings. The molecule has 1 N–H and O–H groups in total. The van der Waals surface area contributed by atoms with Crippen LogP contribution in [0.1, 0.15) is 17.2 Å². The smallest absolute Gasteiger partial charge is 0.230 e. The third kappa shape index (κ3) is 2.45. The second kappa shape index (κ2) is 5.47. The summed E-state index contributed by atoms with van der Waals surface area (Å²) in [4.78, 5) is 13.9. The number of aliphatic hydroxyl groups is 1. The first kappa shape index (κ1) is 12.9. The number of benzene rings is 2. The lowest BCUT2D eigenvalue weighted by Crippen LogP contribution is -2.54. The van der Waals surface area contributed by atoms with Crippen molar-refractivity contribution < 1.29 is 9.90 Å². The fourth-order valence-electron chi connectivity index (χ4n) is 2.59. The van der Waals surface area contributed by atoms with Crippen molar-refractivity contribution in [3.05, 3.63) is 71.8 Å². The van der Waals surface area contributed by atoms with E-state index in [1.165, 1.54) is 0 Å². The normalized spacial score (nSPS) is 19.6. The summed E-state index contributed by atoms with van der Waals surface area (Å²) in [6.07, 6.45) is -0.698. The molecule has 0 spiro atoms. The monoisotopic (exact) mass is 267 g/mol. The number of β-lactam (4-membered cyclic amide) rings is 1. The molecule has 1 amide bonds. The molecule has 0 aliphatic carbocycles. The van der Waals surface area contributed by atoms with Gasteiger partial charge in [-0.05, 0) is 11.1 Å². The Morgan fingerprint density at radius 3 is 2.25 bits per heavy atom. The Hall–Kier alpha value is -2.13. The van der Waals surface area contributed by atoms with Gasteiger partial charge >= 0.3 is 0 Å². The molecular formula is C17H17NO2. The van der Waals surface area contributed by atoms with Gasteiger partial charge in [0.15, 0.2) is 0 Å². The molecule has 1 saturated heterocycles. The summed E-state index contributed by atoms with van der Waals surface area (Å²) in [5.74, 6) is -0.272. The van der Waals surface area contributed by atoms with Gasteiger partial charge in [0, 0.05) is 13.1 Å². The number of amides is 1. The Kier molecular flexibility index (Phi) is 3.52. The average Bonchev–Trinajstić information content (AvgIpc) is 2.52. The summed E-state index contributed by atoms with van der Waals surface area (Å²) in [5.41, 5.74) is 1.93. The van der Waals surface area contributed by atoms with Crippen molar-refractivity contribution >= 4 is 5.91 Å². The second-order valence-electron chi connectivity index (χ2n) is 5.17. The van der Waals surface area contributed by atoms with Crippen LogP contribution in [0.5, 0.6) is 0 Å². The van der Waals surface area contributed by atoms with Crippen molar-refractivity contribution in [2.24, 2.45) is 5.92 Å². The summed E-state index contributed by atoms with van der Waals surface area (Å²) < 4.78 is 0. The maximum Gasteiger partial charge on any atom is 0.230 e. The highest BCUT2D eigenvalue weighted by molar-refractivity contribution is 5.85. The molecule has 2 aromatic rings. The van der Waals surface area contributed by atoms with Gasteiger partial charge in [0.05, 0.1) is 12.0 Å². The summed E-state index contributed by atoms with van der Waals surface area (Å²) >= 11 is 0. The number of likely N-dealkylation sites (tertiary alicyclic amines) is 1. The third-order valence-electron chi connectivity index (χ3n) is 3.78. The van der Waals surface area contributed by atoms with Gasteiger partial charge in [-0.25, -0.2) is 0 Å². The quantitative estimate of drug-likeness (QED) is 0.864. The lowest BCUT2D eigenvalue weighted by atomic mass is 9.88. The number of carbonyl (C=O) groups is 1. The number of aliphatic hydroxyl groups excluding tert-OH is 1. The Labute approximate surface area is 118 Å². The van der Waals surface area contributed by atoms with E-state index in [9.17, 15) is 9.90 Å². The van der Waals surface area contributed by atoms with Crippen LogP contribution in [0.15, 0.2) is 60.7 Å². The Balaban J connectivity index is 1.62. The molecule has 20 heavy (non-hydrogen) atoms. The third-order valence-corrected chi connectivity index (χ3v) is 3.78. The molecule has 1 aliphatic heterocycles. The minimum atomic E-state index is -0.698. The molecule has 2 unspecified atom stereocenters. The molecule has 2 aromatic carbocycles. The van der Waals surface area contributed by atoms with Crippen LogP contribution in [-0.2, 0) is 11.3 Å². The van der Waals surface area contributed by atoms with Gasteiger partial charge in [-0.1, -0.05) is 60.7 Å². The summed E-state index contributed by atoms with van der Waals surface area (Å²) in [6.45, 7) is 1.24. The van der Waals surface area contributed by atoms with E-state index in [1.807, 2.05) is 60.7 Å². The first-order valence-corrected chi connectivity index (χ1v) is 6.81. The predicted octanol–water partition coefficient (Wildman–Crippen LogP) is 2.38. The molecular weight excluding hydrogens is 250 g/mol. The van der Waals surface area contributed by atoms with Gasteiger partial charge in [-0.3, -0.25) is 4.79 Å². The Bertz CT molecular complexity index is 582. The van der Waals surface area contributed by atoms with Crippen molar-refractivity contribution in [1.82, 2.24) is 4.90 Å². The topological polar surface area (TPSA) is 40.5 Å². The van der Waals surface area contributed by atoms with Crippen LogP contribution in [0.4, 0.5) is 0 Å². The minimum absolute atomic E-state index is 0.0326. The van der Waals surface area contributed by atoms with E-state index in [2.05, 4.69) is 0 Å². The Morgan fingerprint density at radius 1 is 1.05 bits per heavy atom. The van der Waals surface area contributed by atoms with Crippen LogP contribution in [0.3, 0.4) is 0 Å². The van der Waals surface area contributed by atoms with E-state index in [0.717, 1.165) is 11.1 Å². The van der Waals surface area contributed by atoms with Gasteiger partial charge in [-0.15, -0.1) is 0 Å². The standard InChI is InChI=1S/C17H17NO2/c19-16(14-9-5-2-6-10-14)15-12-18(17(15)20)11-13-7-3-1-4-8-13/h1-10,15-16,19H,11-12H2. The Morgan fingerprint density at radius 2 is 1.65 bits per heavy atom. The van der Waals surface area contributed by atoms with Crippen molar-refractivity contribution in [3.8, 4) is 0 Å². The van der Waals surface area contributed by atoms with Crippen molar-refractivity contribution in [3.63, 3.8) is 0 Å². The summed E-state index contributed by atoms with van der Waals surface area (Å²) in [7, 11) is 0. The molecule has 3 rings (SSSR count). The molecule has 0 radical (unpaired) electrons. The van der Waals surface area contributed by atoms with E-state index in [4.69, 9.17) is 0 Å². The first-order chi connectivity index (χ1) is 9.75. The fraction of sp³-hybridized carbons (Fsp3) is 0.235. The number of hydrogen-bond acceptors (Lipinski definition) is 2. The summed E-state index contributed by atoms with van der Waals surface area (Å²) in [5, 5.41) is 10.2. The number of hydrogen-bond donors (Lipinski definition) is 1. The average molecular weight is 267 g/mol. The van der Waals surface area contributed by atoms with Crippen molar-refractivity contribution in [2.45, 2.75) is 12.6 Å². The van der Waals surface area contributed by atoms with E-state index in [0.29, 0.717) is 13.1 Å². The zero-order valence-corrected chi connectivity index (χ0v) is 11.1. The predicted molar refractivity (Wildman–Crippen MR) is 76.8 cm³/mol. The number of nitrogens with zero attached hydrogens (tertiary/aromatic N) is 1. The molecule has 0 aromatic heterocycles. The molecule has 1 aliphatic rings. The van der Waals surface area contributed by atoms with Crippen molar-refractivity contribution in [2.75, 3.05) is 6.54 Å². The molecule has 0 saturated carbocycles. The molecule has 3 heteroatoms. The fourth-order valence-corrected chi connectivity index (χ4v) is 2.59. The highest BCUT2D eigenvalue weighted by Gasteiger charge is 2.41. The maximum atomic E-state index is 12.1. The van der Waals surface area contributed by atoms with Gasteiger partial charge in [-0.2, -0.15) is 0 Å². The largest absolute Gasteiger partial charge is 0.388 e. The maximum absolute atomic E-state index is 12.1. The van der Waals surface area contributed by atoms with Crippen LogP contribution in [-0.4, -0.2) is 22.5 Å². The summed E-state index contributed by atoms with van der Waals surface area (Å²) in [6, 6.07) is 19.3. The second-order valence-corrected chi connectivity index (χ2v) is 5.17. The molecule has 102 valence electrons. The van der Waals surface area contributed by atoms with Crippen LogP contribution in [0.2, 0.25) is 0 Å². The zero-order chi connectivity index (χ0) is 13.9. The molecule has 3 nitrogen and oxygen atoms in total. The van der Waals surface area contributed by atoms with Gasteiger partial charge in [0.1, 0.15) is 0 Å². The van der Waals surface area contributed by atoms with E-state index in [-0.39, 0.29) is 11.8 Å². The van der Waals surface area contributed by atoms with Crippen LogP contribution in [0.25, 0.3) is 0 Å². The van der Waals surface area contributed by atoms with E-state index >= 15 is 0 Å². The van der Waals surface area contributed by atoms with Crippen LogP contribution >= 0.6 is 0 Å². The van der Waals surface area contributed by atoms with Crippen LogP contribution < -0.4 is 0 Å².